The normalized spacial score (nSPS) is 26.1. The van der Waals surface area contributed by atoms with Gasteiger partial charge < -0.3 is 24.2 Å². The Hall–Kier alpha value is -2.97. The minimum absolute atomic E-state index is 0.0455. The van der Waals surface area contributed by atoms with Gasteiger partial charge in [0.2, 0.25) is 5.91 Å². The zero-order chi connectivity index (χ0) is 28.6. The highest BCUT2D eigenvalue weighted by atomic mass is 16.5. The van der Waals surface area contributed by atoms with E-state index in [1.165, 1.54) is 35.6 Å². The number of carbonyl (C=O) groups is 1. The number of aryl methyl sites for hydroxylation is 1. The predicted octanol–water partition coefficient (Wildman–Crippen LogP) is 3.77. The van der Waals surface area contributed by atoms with E-state index in [9.17, 15) is 4.79 Å². The summed E-state index contributed by atoms with van der Waals surface area (Å²) in [5, 5.41) is 0. The van der Waals surface area contributed by atoms with Gasteiger partial charge in [-0.2, -0.15) is 9.97 Å². The lowest BCUT2D eigenvalue weighted by molar-refractivity contribution is -0.129. The molecule has 8 nitrogen and oxygen atoms in total. The summed E-state index contributed by atoms with van der Waals surface area (Å²) in [5.74, 6) is 0.939. The standard InChI is InChI=1S/C33H45N5O3/c1-5-30(39)38-17-16-37(20-26(38)21-40-4)31-28-12-14-33(13-11-27-23(2)8-6-9-24(27)18-33)19-29(28)34-32(35-31)41-22-25-10-7-15-36(25)3/h5-6,8-9,25-26H,1,7,10-22H2,2-4H3. The Balaban J connectivity index is 1.30. The van der Waals surface area contributed by atoms with Gasteiger partial charge in [0.05, 0.1) is 18.3 Å². The maximum absolute atomic E-state index is 12.6. The zero-order valence-corrected chi connectivity index (χ0v) is 25.0. The van der Waals surface area contributed by atoms with E-state index in [0.717, 1.165) is 56.6 Å². The van der Waals surface area contributed by atoms with Crippen LogP contribution in [0.4, 0.5) is 5.82 Å². The average molecular weight is 560 g/mol. The number of amides is 1. The molecule has 2 aliphatic heterocycles. The van der Waals surface area contributed by atoms with Gasteiger partial charge >= 0.3 is 6.01 Å². The first-order chi connectivity index (χ1) is 19.9. The second kappa shape index (κ2) is 11.7. The van der Waals surface area contributed by atoms with Crippen LogP contribution in [0.5, 0.6) is 6.01 Å². The van der Waals surface area contributed by atoms with Crippen molar-refractivity contribution >= 4 is 11.7 Å². The second-order valence-corrected chi connectivity index (χ2v) is 12.7. The molecule has 2 saturated heterocycles. The van der Waals surface area contributed by atoms with Crippen LogP contribution in [0.2, 0.25) is 0 Å². The van der Waals surface area contributed by atoms with Crippen LogP contribution < -0.4 is 9.64 Å². The van der Waals surface area contributed by atoms with Gasteiger partial charge in [0.1, 0.15) is 12.4 Å². The molecule has 0 N–H and O–H groups in total. The minimum atomic E-state index is -0.0607. The van der Waals surface area contributed by atoms with Crippen molar-refractivity contribution in [1.82, 2.24) is 19.8 Å². The lowest BCUT2D eigenvalue weighted by Gasteiger charge is -2.44. The molecule has 3 atom stereocenters. The first kappa shape index (κ1) is 28.2. The summed E-state index contributed by atoms with van der Waals surface area (Å²) in [4.78, 5) is 29.4. The molecule has 0 radical (unpaired) electrons. The summed E-state index contributed by atoms with van der Waals surface area (Å²) in [6.45, 7) is 10.1. The van der Waals surface area contributed by atoms with E-state index >= 15 is 0 Å². The molecule has 220 valence electrons. The van der Waals surface area contributed by atoms with E-state index in [-0.39, 0.29) is 17.4 Å². The molecule has 1 aromatic carbocycles. The van der Waals surface area contributed by atoms with Crippen molar-refractivity contribution in [1.29, 1.82) is 0 Å². The molecule has 3 unspecified atom stereocenters. The summed E-state index contributed by atoms with van der Waals surface area (Å²) in [6.07, 6.45) is 10.3. The van der Waals surface area contributed by atoms with Gasteiger partial charge in [-0.05, 0) is 100 Å². The number of nitrogens with zero attached hydrogens (tertiary/aromatic N) is 5. The van der Waals surface area contributed by atoms with Gasteiger partial charge in [0, 0.05) is 38.3 Å². The third-order valence-corrected chi connectivity index (χ3v) is 10.2. The number of aromatic nitrogens is 2. The number of likely N-dealkylation sites (N-methyl/N-ethyl adjacent to an activating group) is 1. The lowest BCUT2D eigenvalue weighted by Crippen LogP contribution is -2.57. The van der Waals surface area contributed by atoms with E-state index in [1.807, 2.05) is 4.90 Å². The molecular formula is C33H45N5O3. The van der Waals surface area contributed by atoms with Gasteiger partial charge in [-0.25, -0.2) is 0 Å². The molecule has 0 bridgehead atoms. The third-order valence-electron chi connectivity index (χ3n) is 10.2. The average Bonchev–Trinajstić information content (AvgIpc) is 3.39. The van der Waals surface area contributed by atoms with Crippen LogP contribution in [0, 0.1) is 12.3 Å². The summed E-state index contributed by atoms with van der Waals surface area (Å²) < 4.78 is 11.9. The van der Waals surface area contributed by atoms with E-state index in [2.05, 4.69) is 48.5 Å². The minimum Gasteiger partial charge on any atom is -0.462 e. The molecule has 2 fully saturated rings. The van der Waals surface area contributed by atoms with Crippen molar-refractivity contribution in [3.05, 3.63) is 58.8 Å². The number of fused-ring (bicyclic) bond motifs is 2. The van der Waals surface area contributed by atoms with Crippen molar-refractivity contribution < 1.29 is 14.3 Å². The van der Waals surface area contributed by atoms with Gasteiger partial charge in [0.25, 0.3) is 0 Å². The Morgan fingerprint density at radius 1 is 1.10 bits per heavy atom. The lowest BCUT2D eigenvalue weighted by atomic mass is 9.63. The largest absolute Gasteiger partial charge is 0.462 e. The smallest absolute Gasteiger partial charge is 0.318 e. The quantitative estimate of drug-likeness (QED) is 0.479. The van der Waals surface area contributed by atoms with E-state index < -0.39 is 0 Å². The molecule has 8 heteroatoms. The van der Waals surface area contributed by atoms with E-state index in [0.29, 0.717) is 44.9 Å². The highest BCUT2D eigenvalue weighted by Gasteiger charge is 2.41. The molecule has 0 saturated carbocycles. The van der Waals surface area contributed by atoms with Gasteiger partial charge in [-0.3, -0.25) is 4.79 Å². The number of hydrogen-bond donors (Lipinski definition) is 0. The number of methoxy groups -OCH3 is 1. The summed E-state index contributed by atoms with van der Waals surface area (Å²) in [5.41, 5.74) is 7.13. The van der Waals surface area contributed by atoms with Crippen molar-refractivity contribution in [2.75, 3.05) is 58.5 Å². The summed E-state index contributed by atoms with van der Waals surface area (Å²) in [6, 6.07) is 7.63. The first-order valence-electron chi connectivity index (χ1n) is 15.4. The Morgan fingerprint density at radius 3 is 2.68 bits per heavy atom. The van der Waals surface area contributed by atoms with Gasteiger partial charge in [-0.15, -0.1) is 0 Å². The van der Waals surface area contributed by atoms with Crippen LogP contribution in [0.25, 0.3) is 0 Å². The number of anilines is 1. The Kier molecular flexibility index (Phi) is 8.05. The third kappa shape index (κ3) is 5.61. The summed E-state index contributed by atoms with van der Waals surface area (Å²) >= 11 is 0. The molecule has 1 spiro atoms. The molecule has 4 aliphatic rings. The number of likely N-dealkylation sites (tertiary alicyclic amines) is 1. The number of hydrogen-bond acceptors (Lipinski definition) is 7. The van der Waals surface area contributed by atoms with Crippen molar-refractivity contribution in [2.24, 2.45) is 5.41 Å². The SMILES string of the molecule is C=CC(=O)N1CCN(c2nc(OCC3CCCN3C)nc3c2CCC2(CCc4c(C)cccc4C2)C3)CC1COC. The van der Waals surface area contributed by atoms with Crippen LogP contribution >= 0.6 is 0 Å². The van der Waals surface area contributed by atoms with Crippen molar-refractivity contribution in [3.63, 3.8) is 0 Å². The van der Waals surface area contributed by atoms with E-state index in [1.54, 1.807) is 12.7 Å². The zero-order valence-electron chi connectivity index (χ0n) is 25.0. The molecule has 41 heavy (non-hydrogen) atoms. The van der Waals surface area contributed by atoms with Crippen LogP contribution in [-0.2, 0) is 35.2 Å². The van der Waals surface area contributed by atoms with Crippen molar-refractivity contribution in [3.8, 4) is 6.01 Å². The fourth-order valence-corrected chi connectivity index (χ4v) is 7.74. The highest BCUT2D eigenvalue weighted by molar-refractivity contribution is 5.87. The Morgan fingerprint density at radius 2 is 1.93 bits per heavy atom. The van der Waals surface area contributed by atoms with Crippen molar-refractivity contribution in [2.45, 2.75) is 70.4 Å². The molecular weight excluding hydrogens is 514 g/mol. The Labute approximate surface area is 244 Å². The number of carbonyl (C=O) groups excluding carboxylic acids is 1. The summed E-state index contributed by atoms with van der Waals surface area (Å²) in [7, 11) is 3.86. The van der Waals surface area contributed by atoms with Gasteiger partial charge in [-0.1, -0.05) is 24.8 Å². The number of ether oxygens (including phenoxy) is 2. The molecule has 2 aromatic rings. The molecule has 3 heterocycles. The molecule has 1 aromatic heterocycles. The monoisotopic (exact) mass is 559 g/mol. The van der Waals surface area contributed by atoms with Gasteiger partial charge in [0.15, 0.2) is 0 Å². The van der Waals surface area contributed by atoms with Crippen LogP contribution in [0.3, 0.4) is 0 Å². The van der Waals surface area contributed by atoms with Crippen LogP contribution in [-0.4, -0.2) is 91.3 Å². The van der Waals surface area contributed by atoms with Crippen LogP contribution in [0.1, 0.15) is 53.6 Å². The van der Waals surface area contributed by atoms with E-state index in [4.69, 9.17) is 19.4 Å². The topological polar surface area (TPSA) is 71.0 Å². The number of benzene rings is 1. The maximum atomic E-state index is 12.6. The van der Waals surface area contributed by atoms with Crippen LogP contribution in [0.15, 0.2) is 30.9 Å². The molecule has 2 aliphatic carbocycles. The number of rotatable bonds is 7. The maximum Gasteiger partial charge on any atom is 0.318 e. The second-order valence-electron chi connectivity index (χ2n) is 12.7. The molecule has 6 rings (SSSR count). The fraction of sp³-hybridized carbons (Fsp3) is 0.606. The molecule has 1 amide bonds. The predicted molar refractivity (Wildman–Crippen MR) is 161 cm³/mol. The first-order valence-corrected chi connectivity index (χ1v) is 15.4. The fourth-order valence-electron chi connectivity index (χ4n) is 7.74. The highest BCUT2D eigenvalue weighted by Crippen LogP contribution is 2.47. The Bertz CT molecular complexity index is 1300. The number of piperazine rings is 1.